The zero-order valence-corrected chi connectivity index (χ0v) is 16.2. The fraction of sp³-hybridized carbons (Fsp3) is 0.381. The van der Waals surface area contributed by atoms with Gasteiger partial charge in [0.2, 0.25) is 5.91 Å². The number of ether oxygens (including phenoxy) is 1. The predicted octanol–water partition coefficient (Wildman–Crippen LogP) is 3.14. The molecule has 0 spiro atoms. The van der Waals surface area contributed by atoms with Crippen molar-refractivity contribution in [3.63, 3.8) is 0 Å². The van der Waals surface area contributed by atoms with Gasteiger partial charge in [0.25, 0.3) is 0 Å². The summed E-state index contributed by atoms with van der Waals surface area (Å²) in [7, 11) is 1.65. The van der Waals surface area contributed by atoms with Gasteiger partial charge < -0.3 is 19.9 Å². The molecule has 4 rings (SSSR count). The highest BCUT2D eigenvalue weighted by Crippen LogP contribution is 2.36. The topological polar surface area (TPSA) is 83.1 Å². The zero-order valence-electron chi connectivity index (χ0n) is 16.2. The van der Waals surface area contributed by atoms with Crippen molar-refractivity contribution in [1.82, 2.24) is 15.0 Å². The van der Waals surface area contributed by atoms with Gasteiger partial charge in [0.05, 0.1) is 17.4 Å². The van der Waals surface area contributed by atoms with Gasteiger partial charge in [0, 0.05) is 32.1 Å². The lowest BCUT2D eigenvalue weighted by Gasteiger charge is -2.40. The smallest absolute Gasteiger partial charge is 0.233 e. The van der Waals surface area contributed by atoms with Crippen LogP contribution in [0.2, 0.25) is 0 Å². The summed E-state index contributed by atoms with van der Waals surface area (Å²) >= 11 is 0. The number of benzene rings is 1. The van der Waals surface area contributed by atoms with Crippen molar-refractivity contribution in [2.24, 2.45) is 5.41 Å². The van der Waals surface area contributed by atoms with Crippen LogP contribution in [0.15, 0.2) is 42.9 Å². The minimum atomic E-state index is -0.541. The van der Waals surface area contributed by atoms with Crippen molar-refractivity contribution in [2.45, 2.75) is 19.8 Å². The number of carbonyl (C=O) groups excluding carboxylic acids is 1. The van der Waals surface area contributed by atoms with Crippen LogP contribution in [0.3, 0.4) is 0 Å². The third-order valence-corrected chi connectivity index (χ3v) is 5.60. The number of anilines is 2. The average Bonchev–Trinajstić information content (AvgIpc) is 3.11. The quantitative estimate of drug-likeness (QED) is 0.712. The number of hydrogen-bond donors (Lipinski definition) is 2. The highest BCUT2D eigenvalue weighted by atomic mass is 16.5. The van der Waals surface area contributed by atoms with Crippen LogP contribution >= 0.6 is 0 Å². The van der Waals surface area contributed by atoms with Crippen molar-refractivity contribution < 1.29 is 9.53 Å². The number of H-pyrrole nitrogens is 1. The van der Waals surface area contributed by atoms with Gasteiger partial charge in [-0.3, -0.25) is 4.79 Å². The molecule has 1 fully saturated rings. The van der Waals surface area contributed by atoms with Crippen LogP contribution in [0.5, 0.6) is 0 Å². The first-order valence-corrected chi connectivity index (χ1v) is 9.52. The molecule has 1 amide bonds. The predicted molar refractivity (Wildman–Crippen MR) is 109 cm³/mol. The molecular weight excluding hydrogens is 354 g/mol. The molecule has 1 saturated heterocycles. The Labute approximate surface area is 164 Å². The molecule has 0 saturated carbocycles. The summed E-state index contributed by atoms with van der Waals surface area (Å²) in [5, 5.41) is 4.11. The second-order valence-electron chi connectivity index (χ2n) is 7.41. The second-order valence-corrected chi connectivity index (χ2v) is 7.41. The highest BCUT2D eigenvalue weighted by Gasteiger charge is 2.42. The van der Waals surface area contributed by atoms with E-state index in [-0.39, 0.29) is 5.91 Å². The standard InChI is InChI=1S/C21H25N5O2/c1-15-12-22-18-17(15)19(24-14-23-18)26-10-8-21(9-11-26,13-28-2)20(27)25-16-6-4-3-5-7-16/h3-7,12,14H,8-11,13H2,1-2H3,(H,25,27)(H,22,23,24). The monoisotopic (exact) mass is 379 g/mol. The number of piperidine rings is 1. The average molecular weight is 379 g/mol. The third kappa shape index (κ3) is 3.33. The molecular formula is C21H25N5O2. The van der Waals surface area contributed by atoms with Crippen LogP contribution in [-0.4, -0.2) is 47.7 Å². The minimum Gasteiger partial charge on any atom is -0.384 e. The number of methoxy groups -OCH3 is 1. The van der Waals surface area contributed by atoms with Gasteiger partial charge in [-0.25, -0.2) is 9.97 Å². The van der Waals surface area contributed by atoms with E-state index in [1.165, 1.54) is 0 Å². The molecule has 0 atom stereocenters. The maximum atomic E-state index is 13.1. The molecule has 1 aliphatic heterocycles. The van der Waals surface area contributed by atoms with Crippen molar-refractivity contribution >= 4 is 28.4 Å². The molecule has 1 aliphatic rings. The summed E-state index contributed by atoms with van der Waals surface area (Å²) in [5.41, 5.74) is 2.24. The van der Waals surface area contributed by atoms with E-state index in [4.69, 9.17) is 4.74 Å². The van der Waals surface area contributed by atoms with Crippen molar-refractivity contribution in [3.05, 3.63) is 48.4 Å². The van der Waals surface area contributed by atoms with E-state index in [2.05, 4.69) is 32.1 Å². The van der Waals surface area contributed by atoms with E-state index in [9.17, 15) is 4.79 Å². The highest BCUT2D eigenvalue weighted by molar-refractivity contribution is 5.96. The Kier molecular flexibility index (Phi) is 5.00. The number of hydrogen-bond acceptors (Lipinski definition) is 5. The van der Waals surface area contributed by atoms with Crippen molar-refractivity contribution in [1.29, 1.82) is 0 Å². The first-order valence-electron chi connectivity index (χ1n) is 9.52. The van der Waals surface area contributed by atoms with Crippen LogP contribution in [0, 0.1) is 12.3 Å². The largest absolute Gasteiger partial charge is 0.384 e. The van der Waals surface area contributed by atoms with Crippen molar-refractivity contribution in [2.75, 3.05) is 37.0 Å². The molecule has 2 aromatic heterocycles. The van der Waals surface area contributed by atoms with Gasteiger partial charge in [0.1, 0.15) is 17.8 Å². The Balaban J connectivity index is 1.54. The lowest BCUT2D eigenvalue weighted by atomic mass is 9.78. The number of nitrogens with one attached hydrogen (secondary N) is 2. The number of aromatic amines is 1. The molecule has 7 heteroatoms. The fourth-order valence-corrected chi connectivity index (χ4v) is 3.98. The zero-order chi connectivity index (χ0) is 19.6. The Morgan fingerprint density at radius 1 is 1.25 bits per heavy atom. The van der Waals surface area contributed by atoms with E-state index < -0.39 is 5.41 Å². The molecule has 3 heterocycles. The maximum absolute atomic E-state index is 13.1. The molecule has 0 radical (unpaired) electrons. The molecule has 2 N–H and O–H groups in total. The summed E-state index contributed by atoms with van der Waals surface area (Å²) in [6, 6.07) is 9.58. The van der Waals surface area contributed by atoms with Crippen LogP contribution < -0.4 is 10.2 Å². The van der Waals surface area contributed by atoms with Crippen LogP contribution in [0.25, 0.3) is 11.0 Å². The van der Waals surface area contributed by atoms with Gasteiger partial charge >= 0.3 is 0 Å². The Morgan fingerprint density at radius 3 is 2.71 bits per heavy atom. The number of para-hydroxylation sites is 1. The van der Waals surface area contributed by atoms with Gasteiger partial charge in [0.15, 0.2) is 0 Å². The van der Waals surface area contributed by atoms with E-state index in [0.717, 1.165) is 41.2 Å². The van der Waals surface area contributed by atoms with Crippen LogP contribution in [0.1, 0.15) is 18.4 Å². The lowest BCUT2D eigenvalue weighted by molar-refractivity contribution is -0.130. The number of fused-ring (bicyclic) bond motifs is 1. The van der Waals surface area contributed by atoms with E-state index >= 15 is 0 Å². The first kappa shape index (κ1) is 18.4. The number of aromatic nitrogens is 3. The molecule has 146 valence electrons. The normalized spacial score (nSPS) is 16.3. The van der Waals surface area contributed by atoms with Crippen LogP contribution in [-0.2, 0) is 9.53 Å². The summed E-state index contributed by atoms with van der Waals surface area (Å²) in [6.45, 7) is 3.94. The number of amides is 1. The molecule has 0 unspecified atom stereocenters. The van der Waals surface area contributed by atoms with Crippen molar-refractivity contribution in [3.8, 4) is 0 Å². The van der Waals surface area contributed by atoms with Gasteiger partial charge in [-0.05, 0) is 37.5 Å². The van der Waals surface area contributed by atoms with Gasteiger partial charge in [-0.1, -0.05) is 18.2 Å². The summed E-state index contributed by atoms with van der Waals surface area (Å²) in [4.78, 5) is 27.4. The molecule has 0 bridgehead atoms. The fourth-order valence-electron chi connectivity index (χ4n) is 3.98. The Bertz CT molecular complexity index is 961. The SMILES string of the molecule is COCC1(C(=O)Nc2ccccc2)CCN(c2ncnc3[nH]cc(C)c23)CC1. The lowest BCUT2D eigenvalue weighted by Crippen LogP contribution is -2.49. The maximum Gasteiger partial charge on any atom is 0.233 e. The number of nitrogens with zero attached hydrogens (tertiary/aromatic N) is 3. The first-order chi connectivity index (χ1) is 13.6. The summed E-state index contributed by atoms with van der Waals surface area (Å²) in [5.74, 6) is 0.948. The number of rotatable bonds is 5. The molecule has 7 nitrogen and oxygen atoms in total. The molecule has 3 aromatic rings. The van der Waals surface area contributed by atoms with E-state index in [1.54, 1.807) is 13.4 Å². The number of carbonyl (C=O) groups is 1. The third-order valence-electron chi connectivity index (χ3n) is 5.60. The summed E-state index contributed by atoms with van der Waals surface area (Å²) < 4.78 is 5.45. The van der Waals surface area contributed by atoms with E-state index in [0.29, 0.717) is 19.4 Å². The van der Waals surface area contributed by atoms with Gasteiger partial charge in [-0.2, -0.15) is 0 Å². The van der Waals surface area contributed by atoms with Gasteiger partial charge in [-0.15, -0.1) is 0 Å². The number of aryl methyl sites for hydroxylation is 1. The second kappa shape index (κ2) is 7.59. The molecule has 0 aliphatic carbocycles. The summed E-state index contributed by atoms with van der Waals surface area (Å²) in [6.07, 6.45) is 4.95. The molecule has 28 heavy (non-hydrogen) atoms. The van der Waals surface area contributed by atoms with Crippen LogP contribution in [0.4, 0.5) is 11.5 Å². The Morgan fingerprint density at radius 2 is 2.00 bits per heavy atom. The molecule has 1 aromatic carbocycles. The van der Waals surface area contributed by atoms with E-state index in [1.807, 2.05) is 36.5 Å². The minimum absolute atomic E-state index is 0.0193. The Hall–Kier alpha value is -2.93.